The summed E-state index contributed by atoms with van der Waals surface area (Å²) in [6.07, 6.45) is 2.33. The molecule has 0 spiro atoms. The molecule has 1 amide bonds. The lowest BCUT2D eigenvalue weighted by atomic mass is 9.54. The van der Waals surface area contributed by atoms with Crippen molar-refractivity contribution >= 4 is 23.6 Å². The van der Waals surface area contributed by atoms with E-state index in [2.05, 4.69) is 12.2 Å². The second-order valence-corrected chi connectivity index (χ2v) is 7.88. The fraction of sp³-hybridized carbons (Fsp3) is 0.875. The molecule has 3 atom stereocenters. The van der Waals surface area contributed by atoms with E-state index >= 15 is 0 Å². The first-order valence-electron chi connectivity index (χ1n) is 8.01. The Labute approximate surface area is 137 Å². The summed E-state index contributed by atoms with van der Waals surface area (Å²) in [6, 6.07) is 0. The Bertz CT molecular complexity index is 413. The summed E-state index contributed by atoms with van der Waals surface area (Å²) in [6.45, 7) is 10.1. The summed E-state index contributed by atoms with van der Waals surface area (Å²) in [5.74, 6) is -0.269. The molecule has 0 radical (unpaired) electrons. The molecule has 128 valence electrons. The summed E-state index contributed by atoms with van der Waals surface area (Å²) in [4.78, 5) is 24.2. The first kappa shape index (κ1) is 19.3. The van der Waals surface area contributed by atoms with Crippen LogP contribution in [0, 0.1) is 5.41 Å². The Morgan fingerprint density at radius 3 is 2.50 bits per heavy atom. The van der Waals surface area contributed by atoms with Crippen LogP contribution in [-0.2, 0) is 14.3 Å². The SMILES string of the molecule is CCCCSC(C)C(=O)NC1(C(=O)O)CC(OCC)C1(C)C. The van der Waals surface area contributed by atoms with Gasteiger partial charge in [-0.3, -0.25) is 4.79 Å². The lowest BCUT2D eigenvalue weighted by molar-refractivity contribution is -0.194. The summed E-state index contributed by atoms with van der Waals surface area (Å²) in [5.41, 5.74) is -1.86. The van der Waals surface area contributed by atoms with Gasteiger partial charge in [0, 0.05) is 18.4 Å². The average molecular weight is 331 g/mol. The first-order valence-corrected chi connectivity index (χ1v) is 9.06. The summed E-state index contributed by atoms with van der Waals surface area (Å²) in [5, 5.41) is 12.2. The molecule has 0 aromatic carbocycles. The third kappa shape index (κ3) is 3.59. The van der Waals surface area contributed by atoms with E-state index in [0.717, 1.165) is 18.6 Å². The maximum atomic E-state index is 12.4. The number of hydrogen-bond donors (Lipinski definition) is 2. The number of carboxylic acids is 1. The van der Waals surface area contributed by atoms with Gasteiger partial charge in [-0.2, -0.15) is 0 Å². The molecule has 0 heterocycles. The molecule has 1 rings (SSSR count). The van der Waals surface area contributed by atoms with Gasteiger partial charge in [-0.15, -0.1) is 11.8 Å². The summed E-state index contributed by atoms with van der Waals surface area (Å²) in [7, 11) is 0. The number of aliphatic carboxylic acids is 1. The van der Waals surface area contributed by atoms with Gasteiger partial charge < -0.3 is 15.2 Å². The maximum absolute atomic E-state index is 12.4. The van der Waals surface area contributed by atoms with Crippen molar-refractivity contribution in [3.63, 3.8) is 0 Å². The predicted molar refractivity (Wildman–Crippen MR) is 89.1 cm³/mol. The number of unbranched alkanes of at least 4 members (excludes halogenated alkanes) is 1. The number of carbonyl (C=O) groups excluding carboxylic acids is 1. The molecule has 0 aromatic rings. The van der Waals surface area contributed by atoms with Gasteiger partial charge in [-0.1, -0.05) is 27.2 Å². The number of hydrogen-bond acceptors (Lipinski definition) is 4. The van der Waals surface area contributed by atoms with Gasteiger partial charge in [0.2, 0.25) is 5.91 Å². The fourth-order valence-corrected chi connectivity index (χ4v) is 3.85. The minimum Gasteiger partial charge on any atom is -0.479 e. The number of amides is 1. The summed E-state index contributed by atoms with van der Waals surface area (Å²) < 4.78 is 5.60. The molecule has 1 fully saturated rings. The largest absolute Gasteiger partial charge is 0.479 e. The number of carboxylic acid groups (broad SMARTS) is 1. The molecule has 0 aromatic heterocycles. The molecule has 0 bridgehead atoms. The van der Waals surface area contributed by atoms with E-state index in [0.29, 0.717) is 13.0 Å². The Hall–Kier alpha value is -0.750. The quantitative estimate of drug-likeness (QED) is 0.635. The van der Waals surface area contributed by atoms with Gasteiger partial charge in [-0.05, 0) is 26.0 Å². The fourth-order valence-electron chi connectivity index (χ4n) is 2.83. The van der Waals surface area contributed by atoms with E-state index in [-0.39, 0.29) is 17.3 Å². The van der Waals surface area contributed by atoms with E-state index in [4.69, 9.17) is 4.74 Å². The highest BCUT2D eigenvalue weighted by atomic mass is 32.2. The Morgan fingerprint density at radius 2 is 2.05 bits per heavy atom. The topological polar surface area (TPSA) is 75.6 Å². The van der Waals surface area contributed by atoms with Crippen molar-refractivity contribution in [3.05, 3.63) is 0 Å². The minimum atomic E-state index is -1.23. The lowest BCUT2D eigenvalue weighted by Crippen LogP contribution is -2.76. The van der Waals surface area contributed by atoms with Crippen molar-refractivity contribution in [2.75, 3.05) is 12.4 Å². The standard InChI is InChI=1S/C16H29NO4S/c1-6-8-9-22-11(3)13(18)17-16(14(19)20)10-12(21-7-2)15(16,4)5/h11-12H,6-10H2,1-5H3,(H,17,18)(H,19,20). The van der Waals surface area contributed by atoms with E-state index in [9.17, 15) is 14.7 Å². The molecular weight excluding hydrogens is 302 g/mol. The zero-order chi connectivity index (χ0) is 17.0. The second-order valence-electron chi connectivity index (χ2n) is 6.44. The van der Waals surface area contributed by atoms with Gasteiger partial charge in [0.05, 0.1) is 11.4 Å². The van der Waals surface area contributed by atoms with Crippen molar-refractivity contribution in [2.45, 2.75) is 70.8 Å². The third-order valence-electron chi connectivity index (χ3n) is 4.70. The highest BCUT2D eigenvalue weighted by Crippen LogP contribution is 2.51. The Kier molecular flexibility index (Phi) is 6.74. The molecule has 1 saturated carbocycles. The van der Waals surface area contributed by atoms with Crippen molar-refractivity contribution in [1.82, 2.24) is 5.32 Å². The van der Waals surface area contributed by atoms with Crippen LogP contribution in [0.25, 0.3) is 0 Å². The Morgan fingerprint density at radius 1 is 1.41 bits per heavy atom. The van der Waals surface area contributed by atoms with Gasteiger partial charge in [0.25, 0.3) is 0 Å². The van der Waals surface area contributed by atoms with Crippen LogP contribution in [0.5, 0.6) is 0 Å². The minimum absolute atomic E-state index is 0.142. The van der Waals surface area contributed by atoms with Crippen molar-refractivity contribution in [3.8, 4) is 0 Å². The number of nitrogens with one attached hydrogen (secondary N) is 1. The monoisotopic (exact) mass is 331 g/mol. The smallest absolute Gasteiger partial charge is 0.330 e. The van der Waals surface area contributed by atoms with Gasteiger partial charge in [0.15, 0.2) is 0 Å². The van der Waals surface area contributed by atoms with Crippen LogP contribution < -0.4 is 5.32 Å². The van der Waals surface area contributed by atoms with Gasteiger partial charge in [0.1, 0.15) is 5.54 Å². The van der Waals surface area contributed by atoms with E-state index in [1.165, 1.54) is 0 Å². The first-order chi connectivity index (χ1) is 10.2. The molecule has 1 aliphatic carbocycles. The van der Waals surface area contributed by atoms with Gasteiger partial charge >= 0.3 is 5.97 Å². The van der Waals surface area contributed by atoms with Crippen LogP contribution in [0.3, 0.4) is 0 Å². The molecule has 2 N–H and O–H groups in total. The van der Waals surface area contributed by atoms with Crippen molar-refractivity contribution in [1.29, 1.82) is 0 Å². The van der Waals surface area contributed by atoms with E-state index < -0.39 is 16.9 Å². The number of rotatable bonds is 9. The highest BCUT2D eigenvalue weighted by Gasteiger charge is 2.66. The normalized spacial score (nSPS) is 27.8. The molecule has 1 aliphatic rings. The molecule has 3 unspecified atom stereocenters. The van der Waals surface area contributed by atoms with Gasteiger partial charge in [-0.25, -0.2) is 4.79 Å². The van der Waals surface area contributed by atoms with Crippen LogP contribution >= 0.6 is 11.8 Å². The molecule has 22 heavy (non-hydrogen) atoms. The molecule has 0 aliphatic heterocycles. The Balaban J connectivity index is 2.74. The molecule has 5 nitrogen and oxygen atoms in total. The lowest BCUT2D eigenvalue weighted by Gasteiger charge is -2.58. The number of thioether (sulfide) groups is 1. The predicted octanol–water partition coefficient (Wildman–Crippen LogP) is 2.68. The average Bonchev–Trinajstić information content (AvgIpc) is 2.45. The number of ether oxygens (including phenoxy) is 1. The molecule has 6 heteroatoms. The van der Waals surface area contributed by atoms with Crippen molar-refractivity contribution in [2.24, 2.45) is 5.41 Å². The van der Waals surface area contributed by atoms with Crippen LogP contribution in [0.4, 0.5) is 0 Å². The molecule has 0 saturated heterocycles. The molecular formula is C16H29NO4S. The zero-order valence-electron chi connectivity index (χ0n) is 14.3. The number of carbonyl (C=O) groups is 2. The van der Waals surface area contributed by atoms with Crippen LogP contribution in [0.15, 0.2) is 0 Å². The van der Waals surface area contributed by atoms with E-state index in [1.54, 1.807) is 11.8 Å². The third-order valence-corrected chi connectivity index (χ3v) is 5.94. The van der Waals surface area contributed by atoms with Crippen LogP contribution in [-0.4, -0.2) is 46.2 Å². The van der Waals surface area contributed by atoms with Crippen LogP contribution in [0.2, 0.25) is 0 Å². The zero-order valence-corrected chi connectivity index (χ0v) is 15.1. The maximum Gasteiger partial charge on any atom is 0.330 e. The summed E-state index contributed by atoms with van der Waals surface area (Å²) >= 11 is 1.57. The van der Waals surface area contributed by atoms with Crippen LogP contribution in [0.1, 0.15) is 53.9 Å². The van der Waals surface area contributed by atoms with Crippen molar-refractivity contribution < 1.29 is 19.4 Å². The van der Waals surface area contributed by atoms with E-state index in [1.807, 2.05) is 27.7 Å². The second kappa shape index (κ2) is 7.68. The highest BCUT2D eigenvalue weighted by molar-refractivity contribution is 8.00.